The lowest BCUT2D eigenvalue weighted by molar-refractivity contribution is -0.305. The zero-order valence-corrected chi connectivity index (χ0v) is 35.6. The lowest BCUT2D eigenvalue weighted by atomic mass is 9.99. The number of carbonyl (C=O) groups is 1. The molecular formula is C48H80O9. The number of hydrogen-bond acceptors (Lipinski definition) is 9. The second-order valence-electron chi connectivity index (χ2n) is 14.8. The average Bonchev–Trinajstić information content (AvgIpc) is 3.21. The Morgan fingerprint density at radius 3 is 1.61 bits per heavy atom. The average molecular weight is 801 g/mol. The maximum atomic E-state index is 12.7. The Balaban J connectivity index is 2.34. The third-order valence-corrected chi connectivity index (χ3v) is 9.55. The van der Waals surface area contributed by atoms with Crippen LogP contribution in [0.25, 0.3) is 0 Å². The molecule has 1 aliphatic rings. The van der Waals surface area contributed by atoms with Crippen LogP contribution >= 0.6 is 0 Å². The number of carbonyl (C=O) groups excluding carboxylic acids is 1. The summed E-state index contributed by atoms with van der Waals surface area (Å²) < 4.78 is 22.7. The predicted octanol–water partition coefficient (Wildman–Crippen LogP) is 9.86. The van der Waals surface area contributed by atoms with Gasteiger partial charge < -0.3 is 39.4 Å². The van der Waals surface area contributed by atoms with Crippen LogP contribution in [0.1, 0.15) is 149 Å². The van der Waals surface area contributed by atoms with Gasteiger partial charge in [-0.3, -0.25) is 4.79 Å². The summed E-state index contributed by atoms with van der Waals surface area (Å²) in [6.45, 7) is 4.31. The quantitative estimate of drug-likeness (QED) is 0.0278. The summed E-state index contributed by atoms with van der Waals surface area (Å²) in [4.78, 5) is 12.7. The lowest BCUT2D eigenvalue weighted by Crippen LogP contribution is -2.59. The van der Waals surface area contributed by atoms with E-state index in [1.807, 2.05) is 0 Å². The molecule has 6 unspecified atom stereocenters. The van der Waals surface area contributed by atoms with Crippen LogP contribution in [-0.2, 0) is 23.7 Å². The predicted molar refractivity (Wildman–Crippen MR) is 233 cm³/mol. The van der Waals surface area contributed by atoms with E-state index in [1.54, 1.807) is 0 Å². The molecule has 1 heterocycles. The van der Waals surface area contributed by atoms with E-state index in [0.29, 0.717) is 13.0 Å². The number of rotatable bonds is 36. The lowest BCUT2D eigenvalue weighted by Gasteiger charge is -2.39. The van der Waals surface area contributed by atoms with Crippen molar-refractivity contribution in [3.8, 4) is 0 Å². The van der Waals surface area contributed by atoms with Crippen molar-refractivity contribution in [1.29, 1.82) is 0 Å². The summed E-state index contributed by atoms with van der Waals surface area (Å²) in [7, 11) is 0. The van der Waals surface area contributed by atoms with Gasteiger partial charge in [-0.25, -0.2) is 0 Å². The highest BCUT2D eigenvalue weighted by molar-refractivity contribution is 5.69. The Kier molecular flexibility index (Phi) is 35.7. The second kappa shape index (κ2) is 38.9. The van der Waals surface area contributed by atoms with Gasteiger partial charge in [-0.2, -0.15) is 0 Å². The van der Waals surface area contributed by atoms with Gasteiger partial charge in [-0.05, 0) is 83.5 Å². The van der Waals surface area contributed by atoms with Gasteiger partial charge in [0.2, 0.25) is 0 Å². The zero-order chi connectivity index (χ0) is 41.4. The van der Waals surface area contributed by atoms with Crippen LogP contribution in [0.15, 0.2) is 85.1 Å². The minimum absolute atomic E-state index is 0.109. The second-order valence-corrected chi connectivity index (χ2v) is 14.8. The van der Waals surface area contributed by atoms with E-state index in [-0.39, 0.29) is 25.6 Å². The Bertz CT molecular complexity index is 1140. The fourth-order valence-electron chi connectivity index (χ4n) is 6.08. The van der Waals surface area contributed by atoms with Crippen LogP contribution in [0.2, 0.25) is 0 Å². The van der Waals surface area contributed by atoms with Gasteiger partial charge in [0.1, 0.15) is 30.5 Å². The van der Waals surface area contributed by atoms with Gasteiger partial charge in [-0.1, -0.05) is 144 Å². The molecule has 9 heteroatoms. The molecule has 0 aromatic rings. The molecule has 1 rings (SSSR count). The summed E-state index contributed by atoms with van der Waals surface area (Å²) in [5.41, 5.74) is 0. The van der Waals surface area contributed by atoms with Crippen LogP contribution in [0.3, 0.4) is 0 Å². The van der Waals surface area contributed by atoms with Crippen molar-refractivity contribution >= 4 is 5.97 Å². The van der Waals surface area contributed by atoms with Crippen molar-refractivity contribution in [3.05, 3.63) is 85.1 Å². The highest BCUT2D eigenvalue weighted by Crippen LogP contribution is 2.22. The summed E-state index contributed by atoms with van der Waals surface area (Å²) in [6, 6.07) is 0. The maximum absolute atomic E-state index is 12.7. The van der Waals surface area contributed by atoms with E-state index < -0.39 is 43.4 Å². The molecule has 0 radical (unpaired) electrons. The molecule has 326 valence electrons. The van der Waals surface area contributed by atoms with Gasteiger partial charge in [0.25, 0.3) is 0 Å². The molecule has 0 aromatic heterocycles. The van der Waals surface area contributed by atoms with Crippen LogP contribution in [0.5, 0.6) is 0 Å². The minimum atomic E-state index is -1.55. The number of aliphatic hydroxyl groups excluding tert-OH is 4. The van der Waals surface area contributed by atoms with Gasteiger partial charge in [0.15, 0.2) is 6.29 Å². The largest absolute Gasteiger partial charge is 0.457 e. The molecule has 0 aliphatic carbocycles. The third kappa shape index (κ3) is 30.1. The number of hydrogen-bond donors (Lipinski definition) is 4. The molecule has 0 spiro atoms. The molecule has 0 saturated carbocycles. The molecule has 9 nitrogen and oxygen atoms in total. The third-order valence-electron chi connectivity index (χ3n) is 9.55. The number of unbranched alkanes of at least 4 members (excludes halogenated alkanes) is 11. The van der Waals surface area contributed by atoms with Crippen molar-refractivity contribution in [3.63, 3.8) is 0 Å². The smallest absolute Gasteiger partial charge is 0.306 e. The summed E-state index contributed by atoms with van der Waals surface area (Å²) >= 11 is 0. The summed E-state index contributed by atoms with van der Waals surface area (Å²) in [5, 5.41) is 40.1. The van der Waals surface area contributed by atoms with E-state index in [0.717, 1.165) is 70.6 Å². The molecule has 1 aliphatic heterocycles. The first-order valence-corrected chi connectivity index (χ1v) is 22.2. The van der Waals surface area contributed by atoms with Crippen LogP contribution in [0.4, 0.5) is 0 Å². The summed E-state index contributed by atoms with van der Waals surface area (Å²) in [6.07, 6.45) is 44.7. The Morgan fingerprint density at radius 2 is 1.07 bits per heavy atom. The molecule has 1 fully saturated rings. The van der Waals surface area contributed by atoms with Gasteiger partial charge in [-0.15, -0.1) is 0 Å². The monoisotopic (exact) mass is 801 g/mol. The van der Waals surface area contributed by atoms with Crippen molar-refractivity contribution < 1.29 is 44.2 Å². The SMILES string of the molecule is CC/C=C\C/C=C\C/C=C\C/C=C\C/C=C\CCCC(=O)OC(COCCCCCCCC/C=C\C/C=C\CCCCCC)COC1OC(CO)C(O)C(O)C1O. The van der Waals surface area contributed by atoms with Crippen molar-refractivity contribution in [2.24, 2.45) is 0 Å². The molecule has 1 saturated heterocycles. The van der Waals surface area contributed by atoms with E-state index in [9.17, 15) is 25.2 Å². The molecule has 0 aromatic carbocycles. The molecule has 6 atom stereocenters. The zero-order valence-electron chi connectivity index (χ0n) is 35.6. The normalized spacial score (nSPS) is 21.3. The van der Waals surface area contributed by atoms with Gasteiger partial charge >= 0.3 is 5.97 Å². The fraction of sp³-hybridized carbons (Fsp3) is 0.688. The Morgan fingerprint density at radius 1 is 0.579 bits per heavy atom. The Hall–Kier alpha value is -2.63. The van der Waals surface area contributed by atoms with E-state index in [4.69, 9.17) is 18.9 Å². The van der Waals surface area contributed by atoms with Crippen LogP contribution in [0, 0.1) is 0 Å². The molecule has 4 N–H and O–H groups in total. The van der Waals surface area contributed by atoms with E-state index >= 15 is 0 Å². The van der Waals surface area contributed by atoms with Crippen molar-refractivity contribution in [1.82, 2.24) is 0 Å². The highest BCUT2D eigenvalue weighted by Gasteiger charge is 2.44. The van der Waals surface area contributed by atoms with Crippen LogP contribution in [-0.4, -0.2) is 89.6 Å². The number of ether oxygens (including phenoxy) is 4. The standard InChI is InChI=1S/C48H80O9/c1-3-5-7-9-11-13-15-17-19-21-23-25-27-29-31-33-35-37-44(50)56-42(41-55-48-47(53)46(52)45(51)43(39-49)57-48)40-54-38-36-34-32-30-28-26-24-22-20-18-16-14-12-10-8-6-4-2/h5,7,11,13-14,16-17,19-20,22-23,25,29,31,42-43,45-49,51-53H,3-4,6,8-10,12,15,18,21,24,26-28,30,32-41H2,1-2H3/b7-5-,13-11-,16-14-,19-17-,22-20-,25-23-,31-29-. The Labute approximate surface area is 346 Å². The number of esters is 1. The molecular weight excluding hydrogens is 721 g/mol. The summed E-state index contributed by atoms with van der Waals surface area (Å²) in [5.74, 6) is -0.377. The molecule has 0 amide bonds. The van der Waals surface area contributed by atoms with Crippen molar-refractivity contribution in [2.45, 2.75) is 185 Å². The van der Waals surface area contributed by atoms with E-state index in [2.05, 4.69) is 98.9 Å². The highest BCUT2D eigenvalue weighted by atomic mass is 16.7. The van der Waals surface area contributed by atoms with Crippen LogP contribution < -0.4 is 0 Å². The number of aliphatic hydroxyl groups is 4. The first-order chi connectivity index (χ1) is 27.9. The molecule has 57 heavy (non-hydrogen) atoms. The van der Waals surface area contributed by atoms with Gasteiger partial charge in [0, 0.05) is 13.0 Å². The fourth-order valence-corrected chi connectivity index (χ4v) is 6.08. The van der Waals surface area contributed by atoms with Crippen molar-refractivity contribution in [2.75, 3.05) is 26.4 Å². The van der Waals surface area contributed by atoms with Gasteiger partial charge in [0.05, 0.1) is 19.8 Å². The topological polar surface area (TPSA) is 135 Å². The minimum Gasteiger partial charge on any atom is -0.457 e. The first kappa shape index (κ1) is 52.4. The maximum Gasteiger partial charge on any atom is 0.306 e. The van der Waals surface area contributed by atoms with E-state index in [1.165, 1.54) is 51.4 Å². The number of allylic oxidation sites excluding steroid dienone is 14. The first-order valence-electron chi connectivity index (χ1n) is 22.2. The molecule has 0 bridgehead atoms.